The topological polar surface area (TPSA) is 81.7 Å². The summed E-state index contributed by atoms with van der Waals surface area (Å²) in [7, 11) is 0. The molecule has 1 aliphatic rings. The van der Waals surface area contributed by atoms with Crippen molar-refractivity contribution >= 4 is 23.3 Å². The van der Waals surface area contributed by atoms with Crippen LogP contribution < -0.4 is 15.5 Å². The van der Waals surface area contributed by atoms with Gasteiger partial charge in [-0.05, 0) is 25.1 Å². The molecule has 1 aromatic rings. The molecule has 23 heavy (non-hydrogen) atoms. The largest absolute Gasteiger partial charge is 0.417 e. The number of hydrogen-bond acceptors (Lipinski definition) is 3. The number of aliphatic hydroxyl groups is 1. The van der Waals surface area contributed by atoms with Gasteiger partial charge in [0.15, 0.2) is 5.60 Å². The second-order valence-electron chi connectivity index (χ2n) is 5.43. The van der Waals surface area contributed by atoms with Crippen molar-refractivity contribution in [1.29, 1.82) is 0 Å². The number of carbonyl (C=O) groups excluding carboxylic acids is 2. The number of amides is 3. The molecule has 9 heteroatoms. The molecule has 1 aromatic carbocycles. The number of nitrogens with one attached hydrogen (secondary N) is 2. The first kappa shape index (κ1) is 17.1. The third-order valence-electron chi connectivity index (χ3n) is 3.41. The van der Waals surface area contributed by atoms with Crippen LogP contribution >= 0.6 is 0 Å². The van der Waals surface area contributed by atoms with E-state index in [1.165, 1.54) is 17.0 Å². The number of anilines is 2. The fraction of sp³-hybridized carbons (Fsp3) is 0.429. The summed E-state index contributed by atoms with van der Waals surface area (Å²) < 4.78 is 37.7. The Morgan fingerprint density at radius 1 is 1.43 bits per heavy atom. The van der Waals surface area contributed by atoms with E-state index in [0.717, 1.165) is 0 Å². The molecule has 6 nitrogen and oxygen atoms in total. The van der Waals surface area contributed by atoms with E-state index < -0.39 is 24.1 Å². The van der Waals surface area contributed by atoms with E-state index in [0.29, 0.717) is 25.7 Å². The number of benzene rings is 1. The van der Waals surface area contributed by atoms with Gasteiger partial charge >= 0.3 is 12.2 Å². The number of nitrogens with zero attached hydrogens (tertiary/aromatic N) is 1. The highest BCUT2D eigenvalue weighted by atomic mass is 19.4. The highest BCUT2D eigenvalue weighted by Crippen LogP contribution is 2.33. The number of halogens is 3. The monoisotopic (exact) mass is 331 g/mol. The first-order valence-electron chi connectivity index (χ1n) is 6.84. The molecule has 1 atom stereocenters. The lowest BCUT2D eigenvalue weighted by Gasteiger charge is -2.25. The zero-order valence-corrected chi connectivity index (χ0v) is 12.3. The minimum atomic E-state index is -4.90. The lowest BCUT2D eigenvalue weighted by atomic mass is 10.0. The van der Waals surface area contributed by atoms with Crippen molar-refractivity contribution in [3.05, 3.63) is 24.3 Å². The molecule has 2 rings (SSSR count). The van der Waals surface area contributed by atoms with Gasteiger partial charge in [0, 0.05) is 24.5 Å². The van der Waals surface area contributed by atoms with Gasteiger partial charge in [-0.15, -0.1) is 0 Å². The summed E-state index contributed by atoms with van der Waals surface area (Å²) in [5, 5.41) is 14.2. The van der Waals surface area contributed by atoms with Gasteiger partial charge in [0.2, 0.25) is 5.91 Å². The quantitative estimate of drug-likeness (QED) is 0.788. The lowest BCUT2D eigenvalue weighted by Crippen LogP contribution is -2.44. The first-order chi connectivity index (χ1) is 10.6. The van der Waals surface area contributed by atoms with Crippen molar-refractivity contribution in [3.8, 4) is 0 Å². The molecule has 0 aliphatic carbocycles. The van der Waals surface area contributed by atoms with Crippen LogP contribution in [0.1, 0.15) is 13.3 Å². The first-order valence-corrected chi connectivity index (χ1v) is 6.84. The second kappa shape index (κ2) is 6.07. The Hall–Kier alpha value is -2.29. The molecule has 1 saturated heterocycles. The molecule has 0 unspecified atom stereocenters. The molecule has 1 fully saturated rings. The van der Waals surface area contributed by atoms with Crippen LogP contribution in [0.3, 0.4) is 0 Å². The standard InChI is InChI=1S/C14H16F3N3O3/c1-13(23,14(15,16)17)8-11(21)19-9-3-2-4-10(7-9)20-6-5-18-12(20)22/h2-4,7,23H,5-6,8H2,1H3,(H,18,22)(H,19,21)/t13-/m0/s1. The fourth-order valence-corrected chi connectivity index (χ4v) is 2.09. The maximum atomic E-state index is 12.6. The van der Waals surface area contributed by atoms with Gasteiger partial charge in [-0.25, -0.2) is 4.79 Å². The van der Waals surface area contributed by atoms with Crippen LogP contribution in [0.15, 0.2) is 24.3 Å². The molecule has 3 amide bonds. The molecular weight excluding hydrogens is 315 g/mol. The normalized spacial score (nSPS) is 17.6. The zero-order valence-electron chi connectivity index (χ0n) is 12.3. The van der Waals surface area contributed by atoms with E-state index in [9.17, 15) is 27.9 Å². The van der Waals surface area contributed by atoms with E-state index >= 15 is 0 Å². The average molecular weight is 331 g/mol. The molecule has 3 N–H and O–H groups in total. The Kier molecular flexibility index (Phi) is 4.51. The molecule has 0 spiro atoms. The van der Waals surface area contributed by atoms with Crippen molar-refractivity contribution in [1.82, 2.24) is 5.32 Å². The SMILES string of the molecule is C[C@](O)(CC(=O)Nc1cccc(N2CCNC2=O)c1)C(F)(F)F. The molecule has 0 radical (unpaired) electrons. The summed E-state index contributed by atoms with van der Waals surface area (Å²) in [4.78, 5) is 24.7. The number of hydrogen-bond donors (Lipinski definition) is 3. The van der Waals surface area contributed by atoms with Crippen LogP contribution in [0.4, 0.5) is 29.3 Å². The number of rotatable bonds is 4. The Morgan fingerprint density at radius 3 is 2.70 bits per heavy atom. The Bertz CT molecular complexity index is 617. The minimum Gasteiger partial charge on any atom is -0.380 e. The van der Waals surface area contributed by atoms with Gasteiger partial charge in [-0.1, -0.05) is 6.07 Å². The van der Waals surface area contributed by atoms with E-state index in [2.05, 4.69) is 10.6 Å². The van der Waals surface area contributed by atoms with Gasteiger partial charge in [-0.3, -0.25) is 9.69 Å². The van der Waals surface area contributed by atoms with E-state index in [1.807, 2.05) is 0 Å². The molecule has 0 aromatic heterocycles. The van der Waals surface area contributed by atoms with Crippen LogP contribution in [-0.4, -0.2) is 41.9 Å². The summed E-state index contributed by atoms with van der Waals surface area (Å²) in [5.74, 6) is -0.977. The minimum absolute atomic E-state index is 0.241. The predicted octanol–water partition coefficient (Wildman–Crippen LogP) is 1.86. The van der Waals surface area contributed by atoms with E-state index in [1.54, 1.807) is 12.1 Å². The fourth-order valence-electron chi connectivity index (χ4n) is 2.09. The van der Waals surface area contributed by atoms with E-state index in [-0.39, 0.29) is 11.7 Å². The van der Waals surface area contributed by atoms with Crippen LogP contribution in [0.25, 0.3) is 0 Å². The highest BCUT2D eigenvalue weighted by Gasteiger charge is 2.50. The van der Waals surface area contributed by atoms with Crippen molar-refractivity contribution in [2.45, 2.75) is 25.1 Å². The highest BCUT2D eigenvalue weighted by molar-refractivity contribution is 5.96. The lowest BCUT2D eigenvalue weighted by molar-refractivity contribution is -0.252. The van der Waals surface area contributed by atoms with Crippen molar-refractivity contribution in [2.24, 2.45) is 0 Å². The molecule has 0 bridgehead atoms. The number of urea groups is 1. The maximum absolute atomic E-state index is 12.6. The van der Waals surface area contributed by atoms with Crippen molar-refractivity contribution in [3.63, 3.8) is 0 Å². The summed E-state index contributed by atoms with van der Waals surface area (Å²) in [6, 6.07) is 5.89. The van der Waals surface area contributed by atoms with Crippen LogP contribution in [0, 0.1) is 0 Å². The van der Waals surface area contributed by atoms with Gasteiger partial charge in [0.1, 0.15) is 0 Å². The van der Waals surface area contributed by atoms with Gasteiger partial charge in [0.05, 0.1) is 6.42 Å². The van der Waals surface area contributed by atoms with Crippen molar-refractivity contribution < 1.29 is 27.9 Å². The van der Waals surface area contributed by atoms with Gasteiger partial charge in [-0.2, -0.15) is 13.2 Å². The summed E-state index contributed by atoms with van der Waals surface area (Å²) in [6.07, 6.45) is -6.02. The zero-order chi connectivity index (χ0) is 17.3. The summed E-state index contributed by atoms with van der Waals surface area (Å²) in [5.41, 5.74) is -2.35. The predicted molar refractivity (Wildman–Crippen MR) is 77.1 cm³/mol. The Labute approximate surface area is 130 Å². The van der Waals surface area contributed by atoms with Gasteiger partial charge < -0.3 is 15.7 Å². The van der Waals surface area contributed by atoms with Gasteiger partial charge in [0.25, 0.3) is 0 Å². The molecule has 0 saturated carbocycles. The number of carbonyl (C=O) groups is 2. The second-order valence-corrected chi connectivity index (χ2v) is 5.43. The summed E-state index contributed by atoms with van der Waals surface area (Å²) >= 11 is 0. The smallest absolute Gasteiger partial charge is 0.380 e. The average Bonchev–Trinajstić information content (AvgIpc) is 2.83. The maximum Gasteiger partial charge on any atom is 0.417 e. The van der Waals surface area contributed by atoms with Crippen LogP contribution in [0.2, 0.25) is 0 Å². The summed E-state index contributed by atoms with van der Waals surface area (Å²) in [6.45, 7) is 1.49. The molecular formula is C14H16F3N3O3. The van der Waals surface area contributed by atoms with Crippen LogP contribution in [0.5, 0.6) is 0 Å². The third-order valence-corrected chi connectivity index (χ3v) is 3.41. The molecule has 1 aliphatic heterocycles. The molecule has 1 heterocycles. The molecule has 126 valence electrons. The van der Waals surface area contributed by atoms with Crippen LogP contribution in [-0.2, 0) is 4.79 Å². The Balaban J connectivity index is 2.06. The number of alkyl halides is 3. The third kappa shape index (κ3) is 3.92. The van der Waals surface area contributed by atoms with E-state index in [4.69, 9.17) is 0 Å². The van der Waals surface area contributed by atoms with Crippen molar-refractivity contribution in [2.75, 3.05) is 23.3 Å². The Morgan fingerprint density at radius 2 is 2.13 bits per heavy atom.